The average molecular weight is 312 g/mol. The van der Waals surface area contributed by atoms with Gasteiger partial charge in [-0.25, -0.2) is 9.97 Å². The molecule has 0 bridgehead atoms. The molecule has 120 valence electrons. The molecule has 0 fully saturated rings. The molecule has 3 aromatic rings. The Labute approximate surface area is 135 Å². The van der Waals surface area contributed by atoms with Gasteiger partial charge in [0.25, 0.3) is 0 Å². The van der Waals surface area contributed by atoms with Crippen LogP contribution in [0.15, 0.2) is 43.0 Å². The molecule has 6 heteroatoms. The van der Waals surface area contributed by atoms with Crippen molar-refractivity contribution in [3.05, 3.63) is 43.0 Å². The maximum atomic E-state index is 9.70. The van der Waals surface area contributed by atoms with Crippen molar-refractivity contribution in [3.8, 4) is 17.0 Å². The third-order valence-corrected chi connectivity index (χ3v) is 3.66. The van der Waals surface area contributed by atoms with Gasteiger partial charge >= 0.3 is 0 Å². The molecular weight excluding hydrogens is 292 g/mol. The predicted octanol–water partition coefficient (Wildman–Crippen LogP) is 2.57. The summed E-state index contributed by atoms with van der Waals surface area (Å²) in [7, 11) is 1.99. The van der Waals surface area contributed by atoms with Crippen molar-refractivity contribution in [2.45, 2.75) is 6.92 Å². The molecule has 0 amide bonds. The molecule has 6 nitrogen and oxygen atoms in total. The highest BCUT2D eigenvalue weighted by molar-refractivity contribution is 5.73. The molecule has 23 heavy (non-hydrogen) atoms. The second-order valence-corrected chi connectivity index (χ2v) is 5.30. The number of hydrogen-bond donors (Lipinski definition) is 1. The minimum Gasteiger partial charge on any atom is -0.508 e. The van der Waals surface area contributed by atoms with Crippen LogP contribution in [0.3, 0.4) is 0 Å². The first kappa shape index (κ1) is 15.3. The van der Waals surface area contributed by atoms with E-state index in [1.807, 2.05) is 36.7 Å². The van der Waals surface area contributed by atoms with Gasteiger partial charge in [-0.3, -0.25) is 0 Å². The Morgan fingerprint density at radius 2 is 2.22 bits per heavy atom. The van der Waals surface area contributed by atoms with Crippen LogP contribution in [0, 0.1) is 0 Å². The van der Waals surface area contributed by atoms with Crippen LogP contribution < -0.4 is 4.90 Å². The number of nitrogens with zero attached hydrogens (tertiary/aromatic N) is 4. The fraction of sp³-hybridized carbons (Fsp3) is 0.294. The summed E-state index contributed by atoms with van der Waals surface area (Å²) in [4.78, 5) is 11.0. The van der Waals surface area contributed by atoms with Crippen molar-refractivity contribution in [1.82, 2.24) is 14.4 Å². The molecule has 0 radical (unpaired) electrons. The van der Waals surface area contributed by atoms with E-state index in [9.17, 15) is 5.11 Å². The molecule has 3 rings (SSSR count). The summed E-state index contributed by atoms with van der Waals surface area (Å²) in [6, 6.07) is 7.08. The zero-order valence-corrected chi connectivity index (χ0v) is 13.3. The topological polar surface area (TPSA) is 62.9 Å². The maximum absolute atomic E-state index is 9.70. The number of imidazole rings is 1. The summed E-state index contributed by atoms with van der Waals surface area (Å²) in [5.41, 5.74) is 2.58. The SMILES string of the molecule is CCOCCN(C)c1nc(-c2cccc(O)c2)cn2cncc12. The quantitative estimate of drug-likeness (QED) is 0.709. The van der Waals surface area contributed by atoms with Gasteiger partial charge in [-0.15, -0.1) is 0 Å². The Bertz CT molecular complexity index is 800. The molecule has 0 saturated carbocycles. The highest BCUT2D eigenvalue weighted by Crippen LogP contribution is 2.26. The van der Waals surface area contributed by atoms with E-state index in [0.717, 1.165) is 29.1 Å². The minimum absolute atomic E-state index is 0.223. The molecule has 0 saturated heterocycles. The number of aromatic hydroxyl groups is 1. The summed E-state index contributed by atoms with van der Waals surface area (Å²) in [6.45, 7) is 4.07. The van der Waals surface area contributed by atoms with Crippen molar-refractivity contribution < 1.29 is 9.84 Å². The molecule has 0 aliphatic carbocycles. The van der Waals surface area contributed by atoms with E-state index >= 15 is 0 Å². The normalized spacial score (nSPS) is 11.0. The van der Waals surface area contributed by atoms with E-state index in [1.54, 1.807) is 24.7 Å². The second-order valence-electron chi connectivity index (χ2n) is 5.30. The third-order valence-electron chi connectivity index (χ3n) is 3.66. The molecule has 0 unspecified atom stereocenters. The minimum atomic E-state index is 0.223. The molecule has 0 spiro atoms. The van der Waals surface area contributed by atoms with Gasteiger partial charge in [0.2, 0.25) is 0 Å². The van der Waals surface area contributed by atoms with Gasteiger partial charge in [0.1, 0.15) is 11.3 Å². The van der Waals surface area contributed by atoms with E-state index in [1.165, 1.54) is 0 Å². The lowest BCUT2D eigenvalue weighted by Gasteiger charge is -2.20. The van der Waals surface area contributed by atoms with Gasteiger partial charge in [-0.1, -0.05) is 12.1 Å². The number of rotatable bonds is 6. The monoisotopic (exact) mass is 312 g/mol. The molecule has 0 aliphatic heterocycles. The van der Waals surface area contributed by atoms with Crippen LogP contribution in [-0.4, -0.2) is 46.3 Å². The number of likely N-dealkylation sites (N-methyl/N-ethyl adjacent to an activating group) is 1. The lowest BCUT2D eigenvalue weighted by atomic mass is 10.1. The van der Waals surface area contributed by atoms with Gasteiger partial charge in [-0.05, 0) is 19.1 Å². The standard InChI is InChI=1S/C17H20N4O2/c1-3-23-8-7-20(2)17-16-10-18-12-21(16)11-15(19-17)13-5-4-6-14(22)9-13/h4-6,9-12,22H,3,7-8H2,1-2H3. The van der Waals surface area contributed by atoms with E-state index in [0.29, 0.717) is 13.2 Å². The number of anilines is 1. The average Bonchev–Trinajstić information content (AvgIpc) is 3.02. The van der Waals surface area contributed by atoms with Crippen LogP contribution in [0.5, 0.6) is 5.75 Å². The van der Waals surface area contributed by atoms with E-state index < -0.39 is 0 Å². The highest BCUT2D eigenvalue weighted by atomic mass is 16.5. The Morgan fingerprint density at radius 3 is 3.00 bits per heavy atom. The summed E-state index contributed by atoms with van der Waals surface area (Å²) < 4.78 is 7.37. The Balaban J connectivity index is 2.01. The molecule has 2 heterocycles. The van der Waals surface area contributed by atoms with Crippen molar-refractivity contribution in [3.63, 3.8) is 0 Å². The van der Waals surface area contributed by atoms with E-state index in [4.69, 9.17) is 9.72 Å². The van der Waals surface area contributed by atoms with Crippen LogP contribution in [0.25, 0.3) is 16.8 Å². The number of hydrogen-bond acceptors (Lipinski definition) is 5. The number of fused-ring (bicyclic) bond motifs is 1. The first-order valence-corrected chi connectivity index (χ1v) is 7.60. The molecule has 1 aromatic carbocycles. The first-order valence-electron chi connectivity index (χ1n) is 7.60. The first-order chi connectivity index (χ1) is 11.2. The number of ether oxygens (including phenoxy) is 1. The van der Waals surface area contributed by atoms with Crippen LogP contribution >= 0.6 is 0 Å². The third kappa shape index (κ3) is 3.27. The Hall–Kier alpha value is -2.60. The highest BCUT2D eigenvalue weighted by Gasteiger charge is 2.12. The smallest absolute Gasteiger partial charge is 0.155 e. The van der Waals surface area contributed by atoms with Crippen molar-refractivity contribution in [2.24, 2.45) is 0 Å². The summed E-state index contributed by atoms with van der Waals surface area (Å²) in [5, 5.41) is 9.70. The lowest BCUT2D eigenvalue weighted by molar-refractivity contribution is 0.154. The van der Waals surface area contributed by atoms with E-state index in [-0.39, 0.29) is 5.75 Å². The van der Waals surface area contributed by atoms with Gasteiger partial charge in [0.05, 0.1) is 24.8 Å². The Kier molecular flexibility index (Phi) is 4.43. The van der Waals surface area contributed by atoms with Crippen molar-refractivity contribution in [1.29, 1.82) is 0 Å². The summed E-state index contributed by atoms with van der Waals surface area (Å²) in [5.74, 6) is 1.06. The fourth-order valence-electron chi connectivity index (χ4n) is 2.45. The lowest BCUT2D eigenvalue weighted by Crippen LogP contribution is -2.24. The zero-order chi connectivity index (χ0) is 16.2. The van der Waals surface area contributed by atoms with Gasteiger partial charge in [0, 0.05) is 32.0 Å². The predicted molar refractivity (Wildman–Crippen MR) is 89.9 cm³/mol. The fourth-order valence-corrected chi connectivity index (χ4v) is 2.45. The molecule has 2 aromatic heterocycles. The van der Waals surface area contributed by atoms with Crippen LogP contribution in [0.1, 0.15) is 6.92 Å². The van der Waals surface area contributed by atoms with Crippen molar-refractivity contribution in [2.75, 3.05) is 31.7 Å². The largest absolute Gasteiger partial charge is 0.508 e. The maximum Gasteiger partial charge on any atom is 0.155 e. The second kappa shape index (κ2) is 6.66. The van der Waals surface area contributed by atoms with Gasteiger partial charge in [0.15, 0.2) is 5.82 Å². The molecule has 1 N–H and O–H groups in total. The zero-order valence-electron chi connectivity index (χ0n) is 13.3. The van der Waals surface area contributed by atoms with Crippen LogP contribution in [0.2, 0.25) is 0 Å². The summed E-state index contributed by atoms with van der Waals surface area (Å²) >= 11 is 0. The number of aromatic nitrogens is 3. The molecule has 0 atom stereocenters. The Morgan fingerprint density at radius 1 is 1.35 bits per heavy atom. The molecule has 0 aliphatic rings. The number of phenols is 1. The van der Waals surface area contributed by atoms with Crippen molar-refractivity contribution >= 4 is 11.3 Å². The van der Waals surface area contributed by atoms with Gasteiger partial charge < -0.3 is 19.1 Å². The van der Waals surface area contributed by atoms with Crippen LogP contribution in [-0.2, 0) is 4.74 Å². The van der Waals surface area contributed by atoms with E-state index in [2.05, 4.69) is 9.88 Å². The number of phenolic OH excluding ortho intramolecular Hbond substituents is 1. The number of benzene rings is 1. The van der Waals surface area contributed by atoms with Gasteiger partial charge in [-0.2, -0.15) is 0 Å². The molecular formula is C17H20N4O2. The van der Waals surface area contributed by atoms with Crippen LogP contribution in [0.4, 0.5) is 5.82 Å². The summed E-state index contributed by atoms with van der Waals surface area (Å²) in [6.07, 6.45) is 5.46.